The van der Waals surface area contributed by atoms with Gasteiger partial charge in [-0.25, -0.2) is 4.98 Å². The molecular formula is C18H20N4O3. The van der Waals surface area contributed by atoms with Crippen molar-refractivity contribution in [1.29, 1.82) is 0 Å². The van der Waals surface area contributed by atoms with Gasteiger partial charge in [0.25, 0.3) is 5.91 Å². The van der Waals surface area contributed by atoms with Gasteiger partial charge in [0.05, 0.1) is 18.4 Å². The highest BCUT2D eigenvalue weighted by Gasteiger charge is 2.25. The lowest BCUT2D eigenvalue weighted by molar-refractivity contribution is -0.124. The molecule has 2 aromatic rings. The second-order valence-corrected chi connectivity index (χ2v) is 5.68. The molecule has 1 unspecified atom stereocenters. The fourth-order valence-electron chi connectivity index (χ4n) is 2.71. The van der Waals surface area contributed by atoms with Gasteiger partial charge in [0, 0.05) is 12.7 Å². The molecule has 3 N–H and O–H groups in total. The first kappa shape index (κ1) is 16.8. The van der Waals surface area contributed by atoms with Crippen LogP contribution in [0.2, 0.25) is 0 Å². The quantitative estimate of drug-likeness (QED) is 0.772. The number of nitrogens with one attached hydrogen (secondary N) is 3. The van der Waals surface area contributed by atoms with Crippen LogP contribution in [-0.2, 0) is 4.79 Å². The minimum atomic E-state index is -0.513. The van der Waals surface area contributed by atoms with Crippen molar-refractivity contribution in [2.45, 2.75) is 18.9 Å². The molecule has 0 spiro atoms. The highest BCUT2D eigenvalue weighted by molar-refractivity contribution is 6.01. The normalized spacial score (nSPS) is 16.7. The summed E-state index contributed by atoms with van der Waals surface area (Å²) in [5.41, 5.74) is 1.07. The summed E-state index contributed by atoms with van der Waals surface area (Å²) in [5, 5.41) is 8.66. The van der Waals surface area contributed by atoms with E-state index in [1.165, 1.54) is 0 Å². The van der Waals surface area contributed by atoms with Gasteiger partial charge in [0.15, 0.2) is 0 Å². The molecule has 7 nitrogen and oxygen atoms in total. The molecule has 2 heterocycles. The van der Waals surface area contributed by atoms with Crippen LogP contribution in [0, 0.1) is 0 Å². The van der Waals surface area contributed by atoms with Crippen molar-refractivity contribution in [3.63, 3.8) is 0 Å². The number of carbonyl (C=O) groups is 2. The van der Waals surface area contributed by atoms with Crippen LogP contribution in [0.15, 0.2) is 42.6 Å². The van der Waals surface area contributed by atoms with E-state index in [-0.39, 0.29) is 11.8 Å². The van der Waals surface area contributed by atoms with Crippen LogP contribution < -0.4 is 20.7 Å². The Balaban J connectivity index is 1.80. The van der Waals surface area contributed by atoms with Crippen molar-refractivity contribution < 1.29 is 14.3 Å². The second-order valence-electron chi connectivity index (χ2n) is 5.68. The van der Waals surface area contributed by atoms with Crippen LogP contribution in [0.1, 0.15) is 23.2 Å². The van der Waals surface area contributed by atoms with Gasteiger partial charge >= 0.3 is 0 Å². The summed E-state index contributed by atoms with van der Waals surface area (Å²) in [7, 11) is 1.58. The van der Waals surface area contributed by atoms with Gasteiger partial charge in [-0.15, -0.1) is 0 Å². The lowest BCUT2D eigenvalue weighted by atomic mass is 10.1. The molecule has 0 saturated carbocycles. The Kier molecular flexibility index (Phi) is 5.13. The molecule has 2 amide bonds. The number of piperidine rings is 1. The van der Waals surface area contributed by atoms with E-state index in [0.717, 1.165) is 6.42 Å². The number of methoxy groups -OCH3 is 1. The Morgan fingerprint density at radius 1 is 1.28 bits per heavy atom. The van der Waals surface area contributed by atoms with Gasteiger partial charge in [0.2, 0.25) is 5.91 Å². The Labute approximate surface area is 145 Å². The van der Waals surface area contributed by atoms with Crippen molar-refractivity contribution in [1.82, 2.24) is 15.6 Å². The number of hydrogen-bond donors (Lipinski definition) is 3. The molecule has 1 aromatic carbocycles. The molecule has 0 aliphatic carbocycles. The van der Waals surface area contributed by atoms with E-state index in [1.807, 2.05) is 24.3 Å². The molecule has 7 heteroatoms. The highest BCUT2D eigenvalue weighted by atomic mass is 16.5. The number of benzene rings is 1. The van der Waals surface area contributed by atoms with E-state index in [1.54, 1.807) is 25.4 Å². The summed E-state index contributed by atoms with van der Waals surface area (Å²) in [6, 6.07) is 10.2. The smallest absolute Gasteiger partial charge is 0.255 e. The van der Waals surface area contributed by atoms with Crippen LogP contribution in [0.4, 0.5) is 11.5 Å². The first-order valence-electron chi connectivity index (χ1n) is 8.12. The van der Waals surface area contributed by atoms with E-state index in [2.05, 4.69) is 20.9 Å². The fraction of sp³-hybridized carbons (Fsp3) is 0.278. The number of ether oxygens (including phenoxy) is 1. The second kappa shape index (κ2) is 7.65. The van der Waals surface area contributed by atoms with Crippen LogP contribution >= 0.6 is 0 Å². The number of anilines is 2. The minimum Gasteiger partial charge on any atom is -0.495 e. The van der Waals surface area contributed by atoms with Gasteiger partial charge in [-0.05, 0) is 37.1 Å². The lowest BCUT2D eigenvalue weighted by Gasteiger charge is -2.23. The molecule has 1 saturated heterocycles. The summed E-state index contributed by atoms with van der Waals surface area (Å²) in [4.78, 5) is 28.7. The van der Waals surface area contributed by atoms with Crippen LogP contribution in [0.5, 0.6) is 5.75 Å². The minimum absolute atomic E-state index is 0.150. The summed E-state index contributed by atoms with van der Waals surface area (Å²) < 4.78 is 5.31. The Bertz CT molecular complexity index is 778. The summed E-state index contributed by atoms with van der Waals surface area (Å²) in [6.07, 6.45) is 3.07. The molecule has 1 atom stereocenters. The molecule has 0 bridgehead atoms. The van der Waals surface area contributed by atoms with E-state index in [9.17, 15) is 9.59 Å². The molecule has 0 radical (unpaired) electrons. The van der Waals surface area contributed by atoms with Crippen LogP contribution in [0.25, 0.3) is 0 Å². The number of hydrogen-bond acceptors (Lipinski definition) is 5. The topological polar surface area (TPSA) is 92.3 Å². The van der Waals surface area contributed by atoms with E-state index in [4.69, 9.17) is 4.74 Å². The zero-order chi connectivity index (χ0) is 17.6. The average Bonchev–Trinajstić information content (AvgIpc) is 2.64. The average molecular weight is 340 g/mol. The number of aromatic nitrogens is 1. The molecular weight excluding hydrogens is 320 g/mol. The zero-order valence-electron chi connectivity index (χ0n) is 13.9. The molecule has 25 heavy (non-hydrogen) atoms. The number of para-hydroxylation sites is 2. The van der Waals surface area contributed by atoms with Crippen molar-refractivity contribution in [3.8, 4) is 5.75 Å². The van der Waals surface area contributed by atoms with E-state index < -0.39 is 6.04 Å². The molecule has 130 valence electrons. The third kappa shape index (κ3) is 3.88. The van der Waals surface area contributed by atoms with Gasteiger partial charge in [-0.2, -0.15) is 0 Å². The monoisotopic (exact) mass is 340 g/mol. The van der Waals surface area contributed by atoms with Gasteiger partial charge < -0.3 is 20.7 Å². The van der Waals surface area contributed by atoms with Gasteiger partial charge in [-0.1, -0.05) is 12.1 Å². The Morgan fingerprint density at radius 3 is 2.92 bits per heavy atom. The van der Waals surface area contributed by atoms with Gasteiger partial charge in [-0.3, -0.25) is 9.59 Å². The number of amides is 2. The first-order valence-corrected chi connectivity index (χ1v) is 8.12. The Morgan fingerprint density at radius 2 is 2.12 bits per heavy atom. The highest BCUT2D eigenvalue weighted by Crippen LogP contribution is 2.27. The number of pyridine rings is 1. The number of rotatable bonds is 5. The van der Waals surface area contributed by atoms with Gasteiger partial charge in [0.1, 0.15) is 17.6 Å². The fourth-order valence-corrected chi connectivity index (χ4v) is 2.71. The molecule has 1 aliphatic heterocycles. The maximum Gasteiger partial charge on any atom is 0.255 e. The maximum atomic E-state index is 12.6. The first-order chi connectivity index (χ1) is 12.2. The molecule has 3 rings (SSSR count). The summed E-state index contributed by atoms with van der Waals surface area (Å²) in [6.45, 7) is 0.651. The van der Waals surface area contributed by atoms with Crippen LogP contribution in [0.3, 0.4) is 0 Å². The van der Waals surface area contributed by atoms with E-state index in [0.29, 0.717) is 35.8 Å². The predicted molar refractivity (Wildman–Crippen MR) is 94.0 cm³/mol. The Hall–Kier alpha value is -3.09. The standard InChI is InChI=1S/C18H20N4O3/c1-25-15-9-3-2-7-13(15)21-16-12(6-4-10-19-16)17(23)22-14-8-5-11-20-18(14)24/h2-4,6-7,9-10,14H,5,8,11H2,1H3,(H,19,21)(H,20,24)(H,22,23). The largest absolute Gasteiger partial charge is 0.495 e. The van der Waals surface area contributed by atoms with Crippen molar-refractivity contribution in [2.24, 2.45) is 0 Å². The molecule has 1 aromatic heterocycles. The lowest BCUT2D eigenvalue weighted by Crippen LogP contribution is -2.50. The van der Waals surface area contributed by atoms with E-state index >= 15 is 0 Å². The maximum absolute atomic E-state index is 12.6. The third-order valence-electron chi connectivity index (χ3n) is 4.00. The number of carbonyl (C=O) groups excluding carboxylic acids is 2. The van der Waals surface area contributed by atoms with Crippen molar-refractivity contribution >= 4 is 23.3 Å². The predicted octanol–water partition coefficient (Wildman–Crippen LogP) is 1.84. The zero-order valence-corrected chi connectivity index (χ0v) is 13.9. The van der Waals surface area contributed by atoms with Crippen molar-refractivity contribution in [2.75, 3.05) is 19.0 Å². The molecule has 1 aliphatic rings. The van der Waals surface area contributed by atoms with Crippen molar-refractivity contribution in [3.05, 3.63) is 48.2 Å². The third-order valence-corrected chi connectivity index (χ3v) is 4.00. The molecule has 1 fully saturated rings. The van der Waals surface area contributed by atoms with Crippen LogP contribution in [-0.4, -0.2) is 36.5 Å². The summed E-state index contributed by atoms with van der Waals surface area (Å²) >= 11 is 0. The number of nitrogens with zero attached hydrogens (tertiary/aromatic N) is 1. The summed E-state index contributed by atoms with van der Waals surface area (Å²) in [5.74, 6) is 0.558. The SMILES string of the molecule is COc1ccccc1Nc1ncccc1C(=O)NC1CCCNC1=O.